The number of ether oxygens (including phenoxy) is 1. The van der Waals surface area contributed by atoms with Crippen molar-refractivity contribution >= 4 is 12.1 Å². The molecule has 21 heavy (non-hydrogen) atoms. The quantitative estimate of drug-likeness (QED) is 0.822. The molecule has 1 amide bonds. The minimum absolute atomic E-state index is 0.125. The average Bonchev–Trinajstić information content (AvgIpc) is 2.24. The molecule has 122 valence electrons. The van der Waals surface area contributed by atoms with E-state index in [0.717, 1.165) is 0 Å². The van der Waals surface area contributed by atoms with Crippen molar-refractivity contribution in [3.8, 4) is 0 Å². The van der Waals surface area contributed by atoms with Crippen molar-refractivity contribution in [1.82, 2.24) is 5.32 Å². The Morgan fingerprint density at radius 2 is 1.76 bits per heavy atom. The Kier molecular flexibility index (Phi) is 5.11. The second kappa shape index (κ2) is 6.11. The summed E-state index contributed by atoms with van der Waals surface area (Å²) in [4.78, 5) is 22.5. The zero-order chi connectivity index (χ0) is 16.4. The van der Waals surface area contributed by atoms with Crippen LogP contribution in [0.1, 0.15) is 40.0 Å². The van der Waals surface area contributed by atoms with Crippen LogP contribution in [0.15, 0.2) is 0 Å². The van der Waals surface area contributed by atoms with Gasteiger partial charge in [-0.15, -0.1) is 0 Å². The second-order valence-electron chi connectivity index (χ2n) is 6.25. The zero-order valence-corrected chi connectivity index (χ0v) is 12.2. The van der Waals surface area contributed by atoms with Gasteiger partial charge in [-0.3, -0.25) is 4.79 Å². The van der Waals surface area contributed by atoms with Gasteiger partial charge in [-0.2, -0.15) is 13.2 Å². The molecule has 0 aromatic rings. The zero-order valence-electron chi connectivity index (χ0n) is 12.2. The van der Waals surface area contributed by atoms with Crippen molar-refractivity contribution in [1.29, 1.82) is 0 Å². The molecule has 0 aliphatic heterocycles. The van der Waals surface area contributed by atoms with Gasteiger partial charge < -0.3 is 15.2 Å². The number of halogens is 3. The van der Waals surface area contributed by atoms with Crippen LogP contribution in [-0.4, -0.2) is 35.0 Å². The topological polar surface area (TPSA) is 75.6 Å². The Morgan fingerprint density at radius 3 is 2.19 bits per heavy atom. The van der Waals surface area contributed by atoms with Crippen molar-refractivity contribution in [2.45, 2.75) is 57.9 Å². The van der Waals surface area contributed by atoms with E-state index in [0.29, 0.717) is 0 Å². The summed E-state index contributed by atoms with van der Waals surface area (Å²) in [5.41, 5.74) is -0.744. The van der Waals surface area contributed by atoms with E-state index in [2.05, 4.69) is 5.32 Å². The molecule has 3 unspecified atom stereocenters. The fourth-order valence-electron chi connectivity index (χ4n) is 2.43. The normalized spacial score (nSPS) is 27.0. The summed E-state index contributed by atoms with van der Waals surface area (Å²) in [6.07, 6.45) is -5.78. The van der Waals surface area contributed by atoms with Gasteiger partial charge in [0.15, 0.2) is 0 Å². The molecular weight excluding hydrogens is 291 g/mol. The molecule has 0 heterocycles. The fraction of sp³-hybridized carbons (Fsp3) is 0.846. The molecule has 1 aliphatic carbocycles. The molecule has 0 spiro atoms. The van der Waals surface area contributed by atoms with Crippen molar-refractivity contribution in [3.05, 3.63) is 0 Å². The van der Waals surface area contributed by atoms with Crippen LogP contribution in [0, 0.1) is 11.8 Å². The first kappa shape index (κ1) is 17.6. The van der Waals surface area contributed by atoms with Gasteiger partial charge in [-0.25, -0.2) is 4.79 Å². The first-order chi connectivity index (χ1) is 9.40. The highest BCUT2D eigenvalue weighted by molar-refractivity contribution is 5.71. The molecule has 2 N–H and O–H groups in total. The van der Waals surface area contributed by atoms with Gasteiger partial charge in [0.1, 0.15) is 5.60 Å². The summed E-state index contributed by atoms with van der Waals surface area (Å²) in [5.74, 6) is -4.86. The monoisotopic (exact) mass is 311 g/mol. The standard InChI is InChI=1S/C13H20F3NO4/c1-12(2,3)21-11(20)17-7-4-5-8(10(18)19)9(6-7)13(14,15)16/h7-9H,4-6H2,1-3H3,(H,17,20)(H,18,19). The third-order valence-corrected chi connectivity index (χ3v) is 3.31. The maximum absolute atomic E-state index is 12.9. The van der Waals surface area contributed by atoms with Crippen molar-refractivity contribution < 1.29 is 32.6 Å². The lowest BCUT2D eigenvalue weighted by Gasteiger charge is -2.35. The molecule has 0 aromatic heterocycles. The van der Waals surface area contributed by atoms with Crippen LogP contribution in [0.4, 0.5) is 18.0 Å². The summed E-state index contributed by atoms with van der Waals surface area (Å²) in [5, 5.41) is 11.3. The van der Waals surface area contributed by atoms with Crippen LogP contribution in [0.3, 0.4) is 0 Å². The van der Waals surface area contributed by atoms with Crippen LogP contribution in [0.2, 0.25) is 0 Å². The summed E-state index contributed by atoms with van der Waals surface area (Å²) in [6, 6.07) is -0.734. The smallest absolute Gasteiger partial charge is 0.407 e. The summed E-state index contributed by atoms with van der Waals surface area (Å²) in [6.45, 7) is 4.94. The maximum atomic E-state index is 12.9. The lowest BCUT2D eigenvalue weighted by molar-refractivity contribution is -0.204. The number of carbonyl (C=O) groups excluding carboxylic acids is 1. The van der Waals surface area contributed by atoms with E-state index in [-0.39, 0.29) is 12.8 Å². The number of carbonyl (C=O) groups is 2. The molecule has 1 saturated carbocycles. The molecule has 1 aliphatic rings. The highest BCUT2D eigenvalue weighted by Crippen LogP contribution is 2.41. The lowest BCUT2D eigenvalue weighted by Crippen LogP contribution is -2.48. The van der Waals surface area contributed by atoms with Crippen molar-refractivity contribution in [2.75, 3.05) is 0 Å². The van der Waals surface area contributed by atoms with E-state index in [1.165, 1.54) is 0 Å². The third-order valence-electron chi connectivity index (χ3n) is 3.31. The van der Waals surface area contributed by atoms with Gasteiger partial charge in [0.05, 0.1) is 11.8 Å². The van der Waals surface area contributed by atoms with Gasteiger partial charge in [0.25, 0.3) is 0 Å². The number of nitrogens with one attached hydrogen (secondary N) is 1. The molecule has 0 bridgehead atoms. The number of amides is 1. The largest absolute Gasteiger partial charge is 0.481 e. The molecule has 5 nitrogen and oxygen atoms in total. The molecule has 0 aromatic carbocycles. The third kappa shape index (κ3) is 5.43. The van der Waals surface area contributed by atoms with Gasteiger partial charge in [-0.1, -0.05) is 0 Å². The molecule has 8 heteroatoms. The number of aliphatic carboxylic acids is 1. The Balaban J connectivity index is 2.69. The Hall–Kier alpha value is -1.47. The number of carboxylic acid groups (broad SMARTS) is 1. The number of alkyl carbamates (subject to hydrolysis) is 1. The van der Waals surface area contributed by atoms with Crippen molar-refractivity contribution in [2.24, 2.45) is 11.8 Å². The average molecular weight is 311 g/mol. The number of hydrogen-bond donors (Lipinski definition) is 2. The summed E-state index contributed by atoms with van der Waals surface area (Å²) in [7, 11) is 0. The number of alkyl halides is 3. The Bertz CT molecular complexity index is 403. The van der Waals surface area contributed by atoms with Crippen LogP contribution >= 0.6 is 0 Å². The SMILES string of the molecule is CC(C)(C)OC(=O)NC1CCC(C(=O)O)C(C(F)(F)F)C1. The fourth-order valence-corrected chi connectivity index (χ4v) is 2.43. The van der Waals surface area contributed by atoms with Gasteiger partial charge >= 0.3 is 18.2 Å². The highest BCUT2D eigenvalue weighted by atomic mass is 19.4. The maximum Gasteiger partial charge on any atom is 0.407 e. The van der Waals surface area contributed by atoms with Crippen LogP contribution in [0.25, 0.3) is 0 Å². The molecule has 0 radical (unpaired) electrons. The van der Waals surface area contributed by atoms with Gasteiger partial charge in [0, 0.05) is 6.04 Å². The number of rotatable bonds is 2. The first-order valence-electron chi connectivity index (χ1n) is 6.69. The van der Waals surface area contributed by atoms with E-state index in [9.17, 15) is 22.8 Å². The number of hydrogen-bond acceptors (Lipinski definition) is 3. The molecule has 1 rings (SSSR count). The minimum Gasteiger partial charge on any atom is -0.481 e. The Morgan fingerprint density at radius 1 is 1.19 bits per heavy atom. The van der Waals surface area contributed by atoms with Crippen LogP contribution in [-0.2, 0) is 9.53 Å². The van der Waals surface area contributed by atoms with Crippen molar-refractivity contribution in [3.63, 3.8) is 0 Å². The molecule has 0 saturated heterocycles. The van der Waals surface area contributed by atoms with Crippen LogP contribution in [0.5, 0.6) is 0 Å². The summed E-state index contributed by atoms with van der Waals surface area (Å²) >= 11 is 0. The van der Waals surface area contributed by atoms with E-state index < -0.39 is 48.1 Å². The Labute approximate surface area is 120 Å². The van der Waals surface area contributed by atoms with Gasteiger partial charge in [-0.05, 0) is 40.0 Å². The first-order valence-corrected chi connectivity index (χ1v) is 6.69. The predicted molar refractivity (Wildman–Crippen MR) is 67.7 cm³/mol. The van der Waals surface area contributed by atoms with E-state index in [1.807, 2.05) is 0 Å². The predicted octanol–water partition coefficient (Wildman–Crippen LogP) is 2.94. The molecule has 3 atom stereocenters. The van der Waals surface area contributed by atoms with Crippen LogP contribution < -0.4 is 5.32 Å². The second-order valence-corrected chi connectivity index (χ2v) is 6.25. The molecule has 1 fully saturated rings. The van der Waals surface area contributed by atoms with E-state index >= 15 is 0 Å². The van der Waals surface area contributed by atoms with Gasteiger partial charge in [0.2, 0.25) is 0 Å². The highest BCUT2D eigenvalue weighted by Gasteiger charge is 2.50. The van der Waals surface area contributed by atoms with E-state index in [1.54, 1.807) is 20.8 Å². The molecular formula is C13H20F3NO4. The van der Waals surface area contributed by atoms with E-state index in [4.69, 9.17) is 9.84 Å². The number of carboxylic acids is 1. The lowest BCUT2D eigenvalue weighted by atomic mass is 9.76. The summed E-state index contributed by atoms with van der Waals surface area (Å²) < 4.78 is 43.8. The minimum atomic E-state index is -4.60.